The van der Waals surface area contributed by atoms with E-state index in [1.807, 2.05) is 11.3 Å². The largest absolute Gasteiger partial charge is 0.384 e. The third-order valence-corrected chi connectivity index (χ3v) is 6.74. The number of hydrogen-bond donors (Lipinski definition) is 2. The standard InChI is InChI=1S/C23H28N2S/c1-3-17-12-22(16(2)24-14-17)23-11-10-21(26-23)15-25-20-9-8-18-6-4-5-7-19(18)13-20/h4-7,10-12,20,24-25H,3,8-9,13-15H2,1-2H3. The molecule has 3 heteroatoms. The summed E-state index contributed by atoms with van der Waals surface area (Å²) in [6.07, 6.45) is 7.10. The fourth-order valence-electron chi connectivity index (χ4n) is 3.92. The lowest BCUT2D eigenvalue weighted by Crippen LogP contribution is -2.33. The van der Waals surface area contributed by atoms with Gasteiger partial charge < -0.3 is 10.6 Å². The Kier molecular flexibility index (Phi) is 5.28. The predicted octanol–water partition coefficient (Wildman–Crippen LogP) is 5.07. The number of allylic oxidation sites excluding steroid dienone is 3. The van der Waals surface area contributed by atoms with Gasteiger partial charge in [-0.1, -0.05) is 42.8 Å². The van der Waals surface area contributed by atoms with Gasteiger partial charge in [0, 0.05) is 40.2 Å². The molecule has 2 aromatic rings. The van der Waals surface area contributed by atoms with Crippen LogP contribution in [-0.4, -0.2) is 12.6 Å². The molecule has 0 fully saturated rings. The Bertz CT molecular complexity index is 843. The van der Waals surface area contributed by atoms with Crippen LogP contribution in [0.15, 0.2) is 53.7 Å². The van der Waals surface area contributed by atoms with Gasteiger partial charge in [-0.2, -0.15) is 0 Å². The van der Waals surface area contributed by atoms with Crippen LogP contribution in [-0.2, 0) is 19.4 Å². The topological polar surface area (TPSA) is 24.1 Å². The fraction of sp³-hybridized carbons (Fsp3) is 0.391. The van der Waals surface area contributed by atoms with Gasteiger partial charge in [0.2, 0.25) is 0 Å². The molecule has 1 aromatic heterocycles. The Hall–Kier alpha value is -1.84. The fourth-order valence-corrected chi connectivity index (χ4v) is 4.95. The molecule has 1 unspecified atom stereocenters. The first-order valence-electron chi connectivity index (χ1n) is 9.76. The summed E-state index contributed by atoms with van der Waals surface area (Å²) >= 11 is 1.92. The Balaban J connectivity index is 1.40. The van der Waals surface area contributed by atoms with E-state index in [9.17, 15) is 0 Å². The molecule has 2 N–H and O–H groups in total. The summed E-state index contributed by atoms with van der Waals surface area (Å²) in [5.74, 6) is 0. The van der Waals surface area contributed by atoms with E-state index in [2.05, 4.69) is 67.0 Å². The highest BCUT2D eigenvalue weighted by atomic mass is 32.1. The third-order valence-electron chi connectivity index (χ3n) is 5.63. The van der Waals surface area contributed by atoms with Gasteiger partial charge in [-0.15, -0.1) is 11.3 Å². The van der Waals surface area contributed by atoms with E-state index in [1.54, 1.807) is 0 Å². The third kappa shape index (κ3) is 3.79. The van der Waals surface area contributed by atoms with Gasteiger partial charge in [-0.25, -0.2) is 0 Å². The molecular weight excluding hydrogens is 336 g/mol. The Morgan fingerprint density at radius 1 is 1.15 bits per heavy atom. The van der Waals surface area contributed by atoms with Gasteiger partial charge in [0.1, 0.15) is 0 Å². The Morgan fingerprint density at radius 3 is 2.85 bits per heavy atom. The Labute approximate surface area is 161 Å². The number of thiophene rings is 1. The quantitative estimate of drug-likeness (QED) is 0.774. The molecule has 0 saturated heterocycles. The molecule has 2 aliphatic rings. The van der Waals surface area contributed by atoms with E-state index in [-0.39, 0.29) is 0 Å². The van der Waals surface area contributed by atoms with Crippen LogP contribution in [0, 0.1) is 0 Å². The summed E-state index contributed by atoms with van der Waals surface area (Å²) in [6.45, 7) is 6.39. The average Bonchev–Trinajstić information content (AvgIpc) is 3.15. The van der Waals surface area contributed by atoms with Crippen LogP contribution in [0.5, 0.6) is 0 Å². The zero-order valence-electron chi connectivity index (χ0n) is 15.8. The molecule has 0 bridgehead atoms. The average molecular weight is 365 g/mol. The zero-order valence-corrected chi connectivity index (χ0v) is 16.6. The van der Waals surface area contributed by atoms with Crippen molar-refractivity contribution in [3.8, 4) is 0 Å². The lowest BCUT2D eigenvalue weighted by Gasteiger charge is -2.25. The molecule has 1 atom stereocenters. The predicted molar refractivity (Wildman–Crippen MR) is 112 cm³/mol. The highest BCUT2D eigenvalue weighted by molar-refractivity contribution is 7.13. The number of fused-ring (bicyclic) bond motifs is 1. The number of aryl methyl sites for hydroxylation is 1. The first kappa shape index (κ1) is 17.6. The van der Waals surface area contributed by atoms with Gasteiger partial charge >= 0.3 is 0 Å². The SMILES string of the molecule is CCC1=CC(c2ccc(CNC3CCc4ccccc4C3)s2)=C(C)NC1. The highest BCUT2D eigenvalue weighted by Crippen LogP contribution is 2.30. The van der Waals surface area contributed by atoms with Crippen molar-refractivity contribution in [3.05, 3.63) is 74.6 Å². The first-order valence-corrected chi connectivity index (χ1v) is 10.6. The summed E-state index contributed by atoms with van der Waals surface area (Å²) in [6, 6.07) is 14.1. The van der Waals surface area contributed by atoms with Crippen molar-refractivity contribution in [1.82, 2.24) is 10.6 Å². The van der Waals surface area contributed by atoms with Crippen LogP contribution in [0.3, 0.4) is 0 Å². The number of nitrogens with one attached hydrogen (secondary N) is 2. The minimum Gasteiger partial charge on any atom is -0.384 e. The molecule has 1 aliphatic carbocycles. The van der Waals surface area contributed by atoms with Gasteiger partial charge in [-0.3, -0.25) is 0 Å². The van der Waals surface area contributed by atoms with Crippen molar-refractivity contribution < 1.29 is 0 Å². The summed E-state index contributed by atoms with van der Waals surface area (Å²) in [4.78, 5) is 2.81. The molecule has 136 valence electrons. The van der Waals surface area contributed by atoms with Crippen molar-refractivity contribution in [2.75, 3.05) is 6.54 Å². The maximum absolute atomic E-state index is 3.79. The van der Waals surface area contributed by atoms with E-state index in [0.29, 0.717) is 6.04 Å². The minimum absolute atomic E-state index is 0.597. The van der Waals surface area contributed by atoms with E-state index in [0.717, 1.165) is 25.9 Å². The van der Waals surface area contributed by atoms with E-state index in [1.165, 1.54) is 50.6 Å². The summed E-state index contributed by atoms with van der Waals surface area (Å²) in [5.41, 5.74) is 7.21. The number of rotatable bonds is 5. The zero-order chi connectivity index (χ0) is 17.9. The van der Waals surface area contributed by atoms with E-state index in [4.69, 9.17) is 0 Å². The van der Waals surface area contributed by atoms with Crippen LogP contribution >= 0.6 is 11.3 Å². The minimum atomic E-state index is 0.597. The van der Waals surface area contributed by atoms with Crippen LogP contribution in [0.1, 0.15) is 47.6 Å². The molecule has 0 amide bonds. The monoisotopic (exact) mass is 364 g/mol. The maximum Gasteiger partial charge on any atom is 0.0363 e. The molecule has 1 aliphatic heterocycles. The normalized spacial score (nSPS) is 19.8. The van der Waals surface area contributed by atoms with Crippen molar-refractivity contribution >= 4 is 16.9 Å². The van der Waals surface area contributed by atoms with E-state index >= 15 is 0 Å². The molecule has 0 saturated carbocycles. The lowest BCUT2D eigenvalue weighted by molar-refractivity contribution is 0.459. The summed E-state index contributed by atoms with van der Waals surface area (Å²) < 4.78 is 0. The second-order valence-electron chi connectivity index (χ2n) is 7.40. The van der Waals surface area contributed by atoms with Crippen molar-refractivity contribution in [2.45, 2.75) is 52.1 Å². The molecule has 1 aromatic carbocycles. The van der Waals surface area contributed by atoms with Gasteiger partial charge in [0.15, 0.2) is 0 Å². The van der Waals surface area contributed by atoms with Gasteiger partial charge in [0.05, 0.1) is 0 Å². The lowest BCUT2D eigenvalue weighted by atomic mass is 9.88. The highest BCUT2D eigenvalue weighted by Gasteiger charge is 2.18. The van der Waals surface area contributed by atoms with Crippen LogP contribution in [0.4, 0.5) is 0 Å². The molecule has 4 rings (SSSR count). The molecule has 0 radical (unpaired) electrons. The number of benzene rings is 1. The second-order valence-corrected chi connectivity index (χ2v) is 8.57. The van der Waals surface area contributed by atoms with Crippen LogP contribution in [0.2, 0.25) is 0 Å². The van der Waals surface area contributed by atoms with Crippen molar-refractivity contribution in [1.29, 1.82) is 0 Å². The molecule has 26 heavy (non-hydrogen) atoms. The van der Waals surface area contributed by atoms with Crippen molar-refractivity contribution in [2.24, 2.45) is 0 Å². The van der Waals surface area contributed by atoms with Crippen LogP contribution in [0.25, 0.3) is 5.57 Å². The second kappa shape index (κ2) is 7.81. The molecular formula is C23H28N2S. The number of dihydropyridines is 1. The number of hydrogen-bond acceptors (Lipinski definition) is 3. The Morgan fingerprint density at radius 2 is 2.00 bits per heavy atom. The van der Waals surface area contributed by atoms with Crippen LogP contribution < -0.4 is 10.6 Å². The molecule has 2 heterocycles. The molecule has 2 nitrogen and oxygen atoms in total. The summed E-state index contributed by atoms with van der Waals surface area (Å²) in [7, 11) is 0. The van der Waals surface area contributed by atoms with Crippen molar-refractivity contribution in [3.63, 3.8) is 0 Å². The molecule has 0 spiro atoms. The van der Waals surface area contributed by atoms with Gasteiger partial charge in [-0.05, 0) is 55.9 Å². The first-order chi connectivity index (χ1) is 12.7. The smallest absolute Gasteiger partial charge is 0.0363 e. The summed E-state index contributed by atoms with van der Waals surface area (Å²) in [5, 5.41) is 7.33. The van der Waals surface area contributed by atoms with Gasteiger partial charge in [0.25, 0.3) is 0 Å². The maximum atomic E-state index is 3.79. The van der Waals surface area contributed by atoms with E-state index < -0.39 is 0 Å².